The Balaban J connectivity index is 2.01. The third-order valence-electron chi connectivity index (χ3n) is 6.03. The number of rotatable bonds is 4. The molecule has 1 aliphatic heterocycles. The molecule has 3 N–H and O–H groups in total. The van der Waals surface area contributed by atoms with E-state index >= 15 is 0 Å². The van der Waals surface area contributed by atoms with Gasteiger partial charge in [-0.1, -0.05) is 80.9 Å². The molecule has 0 aromatic heterocycles. The zero-order valence-electron chi connectivity index (χ0n) is 15.0. The highest BCUT2D eigenvalue weighted by Gasteiger charge is 2.52. The lowest BCUT2D eigenvalue weighted by molar-refractivity contribution is -0.764. The van der Waals surface area contributed by atoms with E-state index in [1.807, 2.05) is 0 Å². The van der Waals surface area contributed by atoms with Gasteiger partial charge in [0.05, 0.1) is 5.60 Å². The lowest BCUT2D eigenvalue weighted by Gasteiger charge is -2.49. The molecule has 1 aliphatic rings. The van der Waals surface area contributed by atoms with Gasteiger partial charge in [0.15, 0.2) is 0 Å². The number of nitrogens with two attached hydrogens (primary N) is 1. The van der Waals surface area contributed by atoms with Crippen molar-refractivity contribution in [1.29, 1.82) is 0 Å². The number of benzene rings is 2. The minimum absolute atomic E-state index is 0.205. The van der Waals surface area contributed by atoms with Crippen molar-refractivity contribution in [3.05, 3.63) is 71.8 Å². The van der Waals surface area contributed by atoms with Crippen molar-refractivity contribution in [2.75, 3.05) is 0 Å². The average molecular weight is 324 g/mol. The molecule has 2 aromatic carbocycles. The standard InChI is InChI=1S/C22H29NO/c1-4-11-19-21(18-14-9-6-10-15-18)23-20(16(2)22(19,3)24)17-12-7-5-8-13-17/h5-10,12-16,19-21,23-24H,4,11H2,1-3H3/p+1/t16-,19-,20-,21-,22+/m0/s1. The molecule has 0 aliphatic carbocycles. The minimum Gasteiger partial charge on any atom is -0.389 e. The Morgan fingerprint density at radius 1 is 0.917 bits per heavy atom. The topological polar surface area (TPSA) is 36.8 Å². The van der Waals surface area contributed by atoms with Gasteiger partial charge in [-0.2, -0.15) is 0 Å². The Morgan fingerprint density at radius 2 is 1.42 bits per heavy atom. The van der Waals surface area contributed by atoms with Crippen LogP contribution in [0.4, 0.5) is 0 Å². The molecule has 1 saturated heterocycles. The molecule has 1 heterocycles. The summed E-state index contributed by atoms with van der Waals surface area (Å²) in [5.41, 5.74) is 1.95. The van der Waals surface area contributed by atoms with Crippen LogP contribution < -0.4 is 5.32 Å². The van der Waals surface area contributed by atoms with Crippen molar-refractivity contribution in [1.82, 2.24) is 0 Å². The number of piperidine rings is 1. The summed E-state index contributed by atoms with van der Waals surface area (Å²) in [6.45, 7) is 6.47. The van der Waals surface area contributed by atoms with Crippen LogP contribution in [0.15, 0.2) is 60.7 Å². The van der Waals surface area contributed by atoms with Crippen molar-refractivity contribution in [3.63, 3.8) is 0 Å². The fourth-order valence-corrected chi connectivity index (χ4v) is 4.47. The lowest BCUT2D eigenvalue weighted by atomic mass is 9.65. The molecule has 3 rings (SSSR count). The Morgan fingerprint density at radius 3 is 1.92 bits per heavy atom. The van der Waals surface area contributed by atoms with Crippen molar-refractivity contribution in [2.24, 2.45) is 11.8 Å². The van der Waals surface area contributed by atoms with Crippen LogP contribution in [0.25, 0.3) is 0 Å². The van der Waals surface area contributed by atoms with E-state index in [-0.39, 0.29) is 17.9 Å². The Bertz CT molecular complexity index is 638. The summed E-state index contributed by atoms with van der Waals surface area (Å²) in [6.07, 6.45) is 2.15. The molecule has 128 valence electrons. The van der Waals surface area contributed by atoms with Crippen molar-refractivity contribution in [3.8, 4) is 0 Å². The summed E-state index contributed by atoms with van der Waals surface area (Å²) in [5.74, 6) is 0.469. The van der Waals surface area contributed by atoms with Crippen molar-refractivity contribution in [2.45, 2.75) is 51.3 Å². The Hall–Kier alpha value is -1.64. The van der Waals surface area contributed by atoms with Gasteiger partial charge in [-0.25, -0.2) is 0 Å². The summed E-state index contributed by atoms with van der Waals surface area (Å²) in [5, 5.41) is 14.0. The summed E-state index contributed by atoms with van der Waals surface area (Å²) in [4.78, 5) is 0. The molecule has 5 atom stereocenters. The first-order valence-corrected chi connectivity index (χ1v) is 9.23. The third-order valence-corrected chi connectivity index (χ3v) is 6.03. The second kappa shape index (κ2) is 7.08. The maximum atomic E-state index is 11.5. The summed E-state index contributed by atoms with van der Waals surface area (Å²) in [7, 11) is 0. The molecule has 1 fully saturated rings. The first-order chi connectivity index (χ1) is 11.6. The van der Waals surface area contributed by atoms with E-state index in [1.54, 1.807) is 0 Å². The molecule has 0 radical (unpaired) electrons. The van der Waals surface area contributed by atoms with Gasteiger partial charge in [-0.15, -0.1) is 0 Å². The smallest absolute Gasteiger partial charge is 0.118 e. The van der Waals surface area contributed by atoms with Crippen LogP contribution in [0.2, 0.25) is 0 Å². The lowest BCUT2D eigenvalue weighted by Crippen LogP contribution is -2.93. The van der Waals surface area contributed by atoms with Crippen molar-refractivity contribution >= 4 is 0 Å². The van der Waals surface area contributed by atoms with Crippen LogP contribution in [0.5, 0.6) is 0 Å². The van der Waals surface area contributed by atoms with E-state index in [4.69, 9.17) is 0 Å². The molecular formula is C22H30NO+. The molecule has 0 saturated carbocycles. The quantitative estimate of drug-likeness (QED) is 0.880. The fraction of sp³-hybridized carbons (Fsp3) is 0.455. The van der Waals surface area contributed by atoms with Crippen LogP contribution >= 0.6 is 0 Å². The molecule has 0 bridgehead atoms. The molecule has 24 heavy (non-hydrogen) atoms. The van der Waals surface area contributed by atoms with Crippen LogP contribution in [0.1, 0.15) is 56.8 Å². The van der Waals surface area contributed by atoms with E-state index < -0.39 is 5.60 Å². The predicted octanol–water partition coefficient (Wildman–Crippen LogP) is 3.85. The van der Waals surface area contributed by atoms with Crippen LogP contribution in [0, 0.1) is 11.8 Å². The molecule has 0 unspecified atom stereocenters. The highest BCUT2D eigenvalue weighted by molar-refractivity contribution is 5.23. The molecular weight excluding hydrogens is 294 g/mol. The number of aliphatic hydroxyl groups is 1. The van der Waals surface area contributed by atoms with Gasteiger partial charge in [-0.3, -0.25) is 0 Å². The summed E-state index contributed by atoms with van der Waals surface area (Å²) >= 11 is 0. The maximum absolute atomic E-state index is 11.5. The van der Waals surface area contributed by atoms with Gasteiger partial charge < -0.3 is 10.4 Å². The van der Waals surface area contributed by atoms with E-state index in [2.05, 4.69) is 86.8 Å². The third kappa shape index (κ3) is 3.13. The van der Waals surface area contributed by atoms with Gasteiger partial charge in [0.2, 0.25) is 0 Å². The zero-order valence-corrected chi connectivity index (χ0v) is 15.0. The second-order valence-corrected chi connectivity index (χ2v) is 7.48. The highest BCUT2D eigenvalue weighted by atomic mass is 16.3. The monoisotopic (exact) mass is 324 g/mol. The van der Waals surface area contributed by atoms with Gasteiger partial charge >= 0.3 is 0 Å². The van der Waals surface area contributed by atoms with Crippen LogP contribution in [-0.2, 0) is 0 Å². The van der Waals surface area contributed by atoms with Crippen LogP contribution in [0.3, 0.4) is 0 Å². The van der Waals surface area contributed by atoms with Gasteiger partial charge in [-0.05, 0) is 13.3 Å². The van der Waals surface area contributed by atoms with Gasteiger partial charge in [0.1, 0.15) is 12.1 Å². The minimum atomic E-state index is -0.675. The molecule has 2 aromatic rings. The van der Waals surface area contributed by atoms with E-state index in [1.165, 1.54) is 11.1 Å². The summed E-state index contributed by atoms with van der Waals surface area (Å²) < 4.78 is 0. The largest absolute Gasteiger partial charge is 0.389 e. The fourth-order valence-electron chi connectivity index (χ4n) is 4.47. The molecule has 0 amide bonds. The second-order valence-electron chi connectivity index (χ2n) is 7.48. The van der Waals surface area contributed by atoms with E-state index in [0.717, 1.165) is 12.8 Å². The first-order valence-electron chi connectivity index (χ1n) is 9.23. The normalized spacial score (nSPS) is 33.3. The average Bonchev–Trinajstić information content (AvgIpc) is 2.61. The molecule has 2 heteroatoms. The van der Waals surface area contributed by atoms with Crippen LogP contribution in [-0.4, -0.2) is 10.7 Å². The SMILES string of the molecule is CCC[C@H]1[C@H](c2ccccc2)[NH2+][C@H](c2ccccc2)[C@H](C)[C@@]1(C)O. The summed E-state index contributed by atoms with van der Waals surface area (Å²) in [6, 6.07) is 21.9. The predicted molar refractivity (Wildman–Crippen MR) is 98.5 cm³/mol. The number of hydrogen-bond donors (Lipinski definition) is 2. The Labute approximate surface area is 145 Å². The Kier molecular flexibility index (Phi) is 5.07. The van der Waals surface area contributed by atoms with E-state index in [9.17, 15) is 5.11 Å². The molecule has 2 nitrogen and oxygen atoms in total. The highest BCUT2D eigenvalue weighted by Crippen LogP contribution is 2.44. The zero-order chi connectivity index (χ0) is 17.2. The van der Waals surface area contributed by atoms with E-state index in [0.29, 0.717) is 6.04 Å². The molecule has 0 spiro atoms. The maximum Gasteiger partial charge on any atom is 0.118 e. The number of hydrogen-bond acceptors (Lipinski definition) is 1. The van der Waals surface area contributed by atoms with Gasteiger partial charge in [0, 0.05) is 23.0 Å². The van der Waals surface area contributed by atoms with Gasteiger partial charge in [0.25, 0.3) is 0 Å². The first kappa shape index (κ1) is 17.2. The number of quaternary nitrogens is 1. The van der Waals surface area contributed by atoms with Crippen molar-refractivity contribution < 1.29 is 10.4 Å².